The summed E-state index contributed by atoms with van der Waals surface area (Å²) >= 11 is 3.14. The van der Waals surface area contributed by atoms with E-state index in [1.165, 1.54) is 12.3 Å². The van der Waals surface area contributed by atoms with Crippen molar-refractivity contribution in [2.45, 2.75) is 19.1 Å². The molecule has 3 rings (SSSR count). The Morgan fingerprint density at radius 2 is 1.45 bits per heavy atom. The molecule has 9 heteroatoms. The number of pyridine rings is 1. The maximum Gasteiger partial charge on any atom is 0.326 e. The number of hydrogen-bond donors (Lipinski definition) is 1. The van der Waals surface area contributed by atoms with Crippen LogP contribution in [0.2, 0.25) is 0 Å². The molecule has 160 valence electrons. The van der Waals surface area contributed by atoms with E-state index in [-0.39, 0.29) is 24.6 Å². The van der Waals surface area contributed by atoms with Crippen LogP contribution in [0.3, 0.4) is 0 Å². The quantitative estimate of drug-likeness (QED) is 0.288. The highest BCUT2D eigenvalue weighted by Gasteiger charge is 2.35. The molecule has 0 atom stereocenters. The molecule has 1 N–H and O–H groups in total. The van der Waals surface area contributed by atoms with Crippen LogP contribution in [-0.2, 0) is 32.3 Å². The first-order valence-electron chi connectivity index (χ1n) is 9.18. The van der Waals surface area contributed by atoms with Gasteiger partial charge in [0.25, 0.3) is 0 Å². The minimum absolute atomic E-state index is 0.0891. The van der Waals surface area contributed by atoms with Crippen LogP contribution in [0.4, 0.5) is 5.69 Å². The van der Waals surface area contributed by atoms with E-state index in [4.69, 9.17) is 9.47 Å². The van der Waals surface area contributed by atoms with Crippen molar-refractivity contribution in [3.8, 4) is 0 Å². The van der Waals surface area contributed by atoms with Gasteiger partial charge in [0.15, 0.2) is 5.92 Å². The first kappa shape index (κ1) is 22.4. The van der Waals surface area contributed by atoms with Crippen molar-refractivity contribution >= 4 is 33.6 Å². The summed E-state index contributed by atoms with van der Waals surface area (Å²) in [5.41, 5.74) is 0.761. The Balaban J connectivity index is 1.86. The van der Waals surface area contributed by atoms with Crippen LogP contribution >= 0.6 is 15.9 Å². The fourth-order valence-corrected chi connectivity index (χ4v) is 3.08. The number of carbonyl (C=O) groups is 2. The van der Waals surface area contributed by atoms with Crippen LogP contribution in [0, 0.1) is 5.21 Å². The van der Waals surface area contributed by atoms with E-state index < -0.39 is 23.1 Å². The van der Waals surface area contributed by atoms with E-state index in [0.717, 1.165) is 0 Å². The van der Waals surface area contributed by atoms with Crippen LogP contribution in [0.15, 0.2) is 77.4 Å². The number of halogens is 1. The zero-order chi connectivity index (χ0) is 22.2. The number of esters is 2. The molecule has 0 saturated heterocycles. The van der Waals surface area contributed by atoms with Gasteiger partial charge < -0.3 is 19.9 Å². The van der Waals surface area contributed by atoms with Gasteiger partial charge in [-0.1, -0.05) is 60.7 Å². The average Bonchev–Trinajstić information content (AvgIpc) is 2.78. The summed E-state index contributed by atoms with van der Waals surface area (Å²) in [7, 11) is 0. The number of ether oxygens (including phenoxy) is 2. The van der Waals surface area contributed by atoms with E-state index in [1.54, 1.807) is 48.5 Å². The van der Waals surface area contributed by atoms with Gasteiger partial charge in [-0.2, -0.15) is 0 Å². The first-order valence-corrected chi connectivity index (χ1v) is 9.97. The van der Waals surface area contributed by atoms with Gasteiger partial charge >= 0.3 is 11.9 Å². The number of carbonyl (C=O) groups excluding carboxylic acids is 2. The second kappa shape index (κ2) is 10.7. The highest BCUT2D eigenvalue weighted by Crippen LogP contribution is 2.30. The van der Waals surface area contributed by atoms with Crippen LogP contribution in [0.25, 0.3) is 0 Å². The summed E-state index contributed by atoms with van der Waals surface area (Å²) in [4.78, 5) is 29.7. The number of nitrogens with zero attached hydrogens (tertiary/aromatic N) is 2. The average molecular weight is 486 g/mol. The summed E-state index contributed by atoms with van der Waals surface area (Å²) in [5.74, 6) is -3.58. The van der Waals surface area contributed by atoms with Crippen LogP contribution < -0.4 is 5.23 Å². The Morgan fingerprint density at radius 1 is 0.968 bits per heavy atom. The van der Waals surface area contributed by atoms with Crippen molar-refractivity contribution in [1.82, 2.24) is 4.98 Å². The minimum Gasteiger partial charge on any atom is -0.733 e. The lowest BCUT2D eigenvalue weighted by atomic mass is 10.0. The molecule has 0 radical (unpaired) electrons. The van der Waals surface area contributed by atoms with E-state index in [2.05, 4.69) is 20.9 Å². The Hall–Kier alpha value is -3.27. The molecule has 0 aliphatic carbocycles. The second-order valence-electron chi connectivity index (χ2n) is 6.45. The smallest absolute Gasteiger partial charge is 0.326 e. The molecular formula is C22H18BrN2O6-. The highest BCUT2D eigenvalue weighted by molar-refractivity contribution is 9.10. The lowest BCUT2D eigenvalue weighted by Crippen LogP contribution is -2.28. The van der Waals surface area contributed by atoms with Crippen molar-refractivity contribution in [2.75, 3.05) is 5.23 Å². The third-order valence-electron chi connectivity index (χ3n) is 4.26. The number of benzene rings is 2. The lowest BCUT2D eigenvalue weighted by molar-refractivity contribution is -0.159. The molecule has 1 aromatic heterocycles. The van der Waals surface area contributed by atoms with E-state index in [0.29, 0.717) is 15.6 Å². The van der Waals surface area contributed by atoms with E-state index >= 15 is 0 Å². The summed E-state index contributed by atoms with van der Waals surface area (Å²) in [6.45, 7) is -0.178. The molecule has 0 aliphatic heterocycles. The number of anilines is 1. The summed E-state index contributed by atoms with van der Waals surface area (Å²) in [5, 5.41) is 20.6. The number of hydrogen-bond acceptors (Lipinski definition) is 8. The summed E-state index contributed by atoms with van der Waals surface area (Å²) < 4.78 is 10.9. The molecule has 0 unspecified atom stereocenters. The van der Waals surface area contributed by atoms with Gasteiger partial charge in [0.1, 0.15) is 13.2 Å². The van der Waals surface area contributed by atoms with Gasteiger partial charge in [0.05, 0.1) is 11.4 Å². The molecule has 0 aliphatic rings. The topological polar surface area (TPSA) is 112 Å². The minimum atomic E-state index is -1.67. The van der Waals surface area contributed by atoms with Crippen molar-refractivity contribution in [3.63, 3.8) is 0 Å². The molecule has 2 aromatic carbocycles. The van der Waals surface area contributed by atoms with Crippen molar-refractivity contribution in [3.05, 3.63) is 99.4 Å². The highest BCUT2D eigenvalue weighted by atomic mass is 79.9. The Kier molecular flexibility index (Phi) is 7.71. The monoisotopic (exact) mass is 485 g/mol. The molecule has 0 bridgehead atoms. The summed E-state index contributed by atoms with van der Waals surface area (Å²) in [6.07, 6.45) is 1.30. The Morgan fingerprint density at radius 3 is 1.90 bits per heavy atom. The SMILES string of the molecule is O=C(OCc1ccccc1)C(C(=O)OCc1ccccc1)c1ncc(Br)cc1N([O-])O. The maximum absolute atomic E-state index is 12.9. The molecular weight excluding hydrogens is 468 g/mol. The van der Waals surface area contributed by atoms with Gasteiger partial charge in [-0.15, -0.1) is 0 Å². The standard InChI is InChI=1S/C22H18BrN2O6/c23-17-11-18(25(28)29)20(24-12-17)19(21(26)30-13-15-7-3-1-4-8-15)22(27)31-14-16-9-5-2-6-10-16/h1-12,19,28H,13-14H2/q-1. The van der Waals surface area contributed by atoms with Gasteiger partial charge in [-0.05, 0) is 33.1 Å². The van der Waals surface area contributed by atoms with E-state index in [1.807, 2.05) is 12.1 Å². The van der Waals surface area contributed by atoms with Gasteiger partial charge in [0, 0.05) is 10.7 Å². The predicted molar refractivity (Wildman–Crippen MR) is 115 cm³/mol. The van der Waals surface area contributed by atoms with Crippen molar-refractivity contribution in [1.29, 1.82) is 0 Å². The summed E-state index contributed by atoms with van der Waals surface area (Å²) in [6, 6.07) is 19.0. The lowest BCUT2D eigenvalue weighted by Gasteiger charge is -2.26. The molecule has 0 spiro atoms. The fraction of sp³-hybridized carbons (Fsp3) is 0.136. The maximum atomic E-state index is 12.9. The Labute approximate surface area is 186 Å². The molecule has 3 aromatic rings. The molecule has 31 heavy (non-hydrogen) atoms. The zero-order valence-corrected chi connectivity index (χ0v) is 17.8. The van der Waals surface area contributed by atoms with Crippen molar-refractivity contribution < 1.29 is 24.3 Å². The normalized spacial score (nSPS) is 10.6. The van der Waals surface area contributed by atoms with E-state index in [9.17, 15) is 20.0 Å². The number of rotatable bonds is 8. The third-order valence-corrected chi connectivity index (χ3v) is 4.70. The third kappa shape index (κ3) is 6.11. The second-order valence-corrected chi connectivity index (χ2v) is 7.37. The van der Waals surface area contributed by atoms with Gasteiger partial charge in [-0.25, -0.2) is 0 Å². The molecule has 1 heterocycles. The van der Waals surface area contributed by atoms with Gasteiger partial charge in [-0.3, -0.25) is 19.8 Å². The first-order chi connectivity index (χ1) is 15.0. The van der Waals surface area contributed by atoms with Crippen LogP contribution in [-0.4, -0.2) is 22.1 Å². The van der Waals surface area contributed by atoms with Crippen molar-refractivity contribution in [2.24, 2.45) is 0 Å². The zero-order valence-electron chi connectivity index (χ0n) is 16.2. The number of aromatic nitrogens is 1. The molecule has 0 amide bonds. The van der Waals surface area contributed by atoms with Crippen LogP contribution in [0.5, 0.6) is 0 Å². The van der Waals surface area contributed by atoms with Gasteiger partial charge in [0.2, 0.25) is 0 Å². The van der Waals surface area contributed by atoms with Crippen LogP contribution in [0.1, 0.15) is 22.7 Å². The molecule has 8 nitrogen and oxygen atoms in total. The fourth-order valence-electron chi connectivity index (χ4n) is 2.76. The molecule has 0 fully saturated rings. The Bertz CT molecular complexity index is 975. The predicted octanol–water partition coefficient (Wildman–Crippen LogP) is 4.11. The largest absolute Gasteiger partial charge is 0.733 e. The molecule has 0 saturated carbocycles.